The summed E-state index contributed by atoms with van der Waals surface area (Å²) in [5.41, 5.74) is 2.54. The van der Waals surface area contributed by atoms with Crippen LogP contribution in [0.2, 0.25) is 10.0 Å². The van der Waals surface area contributed by atoms with Crippen molar-refractivity contribution in [3.8, 4) is 22.9 Å². The molecule has 2 amide bonds. The minimum Gasteiger partial charge on any atom is -0.436 e. The number of aromatic nitrogens is 3. The molecule has 2 fully saturated rings. The molecule has 4 heterocycles. The number of ether oxygens (including phenoxy) is 1. The molecule has 3 aromatic rings. The van der Waals surface area contributed by atoms with Gasteiger partial charge in [0.25, 0.3) is 0 Å². The largest absolute Gasteiger partial charge is 0.436 e. The van der Waals surface area contributed by atoms with Gasteiger partial charge in [0.05, 0.1) is 18.1 Å². The van der Waals surface area contributed by atoms with Gasteiger partial charge in [-0.15, -0.1) is 0 Å². The van der Waals surface area contributed by atoms with Crippen molar-refractivity contribution in [1.82, 2.24) is 30.5 Å². The van der Waals surface area contributed by atoms with Crippen LogP contribution in [-0.2, 0) is 16.1 Å². The van der Waals surface area contributed by atoms with Crippen LogP contribution in [0.15, 0.2) is 42.7 Å². The molecule has 2 saturated heterocycles. The number of halogens is 2. The molecule has 12 heteroatoms. The third kappa shape index (κ3) is 8.30. The number of carbonyl (C=O) groups excluding carboxylic acids is 2. The number of pyridine rings is 1. The number of nitrogens with one attached hydrogen (secondary N) is 2. The van der Waals surface area contributed by atoms with E-state index in [1.54, 1.807) is 25.4 Å². The first-order chi connectivity index (χ1) is 20.2. The number of carbonyl (C=O) groups is 2. The summed E-state index contributed by atoms with van der Waals surface area (Å²) < 4.78 is 6.16. The van der Waals surface area contributed by atoms with Crippen LogP contribution in [-0.4, -0.2) is 70.4 Å². The van der Waals surface area contributed by atoms with Gasteiger partial charge in [-0.1, -0.05) is 23.2 Å². The Hall–Kier alpha value is -3.47. The van der Waals surface area contributed by atoms with Gasteiger partial charge in [-0.05, 0) is 68.1 Å². The molecule has 2 N–H and O–H groups in total. The van der Waals surface area contributed by atoms with Crippen LogP contribution in [0.25, 0.3) is 11.3 Å². The number of piperidine rings is 1. The molecule has 2 aliphatic rings. The second-order valence-corrected chi connectivity index (χ2v) is 11.8. The van der Waals surface area contributed by atoms with E-state index in [0.29, 0.717) is 45.8 Å². The van der Waals surface area contributed by atoms with Gasteiger partial charge in [-0.2, -0.15) is 0 Å². The second kappa shape index (κ2) is 13.7. The van der Waals surface area contributed by atoms with Gasteiger partial charge in [0.15, 0.2) is 5.75 Å². The summed E-state index contributed by atoms with van der Waals surface area (Å²) in [6.45, 7) is 7.85. The Morgan fingerprint density at radius 2 is 1.67 bits per heavy atom. The number of likely N-dealkylation sites (tertiary alicyclic amines) is 1. The van der Waals surface area contributed by atoms with E-state index in [2.05, 4.69) is 25.5 Å². The Labute approximate surface area is 255 Å². The molecule has 0 radical (unpaired) electrons. The standard InChI is InChI=1S/C30H35Cl2N7O3/c1-19(40)33-14-21-3-6-38(7-4-21)17-22-9-28(23-11-24(31)13-25(32)12-23)37-29(10-22)42-27-15-34-30(35-16-27)39-8-5-26(18-39)36-20(2)41/h9-13,15-16,21,26H,3-8,14,17-18H2,1-2H3,(H,33,40)(H,36,41). The summed E-state index contributed by atoms with van der Waals surface area (Å²) in [4.78, 5) is 40.9. The maximum absolute atomic E-state index is 11.4. The summed E-state index contributed by atoms with van der Waals surface area (Å²) >= 11 is 12.6. The van der Waals surface area contributed by atoms with Crippen molar-refractivity contribution >= 4 is 41.0 Å². The average molecular weight is 613 g/mol. The molecule has 222 valence electrons. The first-order valence-corrected chi connectivity index (χ1v) is 14.9. The quantitative estimate of drug-likeness (QED) is 0.358. The zero-order valence-electron chi connectivity index (χ0n) is 23.8. The highest BCUT2D eigenvalue weighted by Crippen LogP contribution is 2.31. The van der Waals surface area contributed by atoms with E-state index >= 15 is 0 Å². The Balaban J connectivity index is 1.31. The lowest BCUT2D eigenvalue weighted by molar-refractivity contribution is -0.120. The minimum atomic E-state index is -0.0351. The summed E-state index contributed by atoms with van der Waals surface area (Å²) in [7, 11) is 0. The van der Waals surface area contributed by atoms with Crippen LogP contribution in [0, 0.1) is 5.92 Å². The van der Waals surface area contributed by atoms with E-state index in [9.17, 15) is 9.59 Å². The van der Waals surface area contributed by atoms with Gasteiger partial charge in [-0.25, -0.2) is 15.0 Å². The van der Waals surface area contributed by atoms with E-state index in [4.69, 9.17) is 32.9 Å². The smallest absolute Gasteiger partial charge is 0.225 e. The Morgan fingerprint density at radius 3 is 2.33 bits per heavy atom. The fourth-order valence-corrected chi connectivity index (χ4v) is 5.97. The molecule has 0 bridgehead atoms. The first kappa shape index (κ1) is 30.0. The predicted molar refractivity (Wildman–Crippen MR) is 163 cm³/mol. The summed E-state index contributed by atoms with van der Waals surface area (Å²) in [6, 6.07) is 9.42. The average Bonchev–Trinajstić information content (AvgIpc) is 3.40. The fourth-order valence-electron chi connectivity index (χ4n) is 5.44. The van der Waals surface area contributed by atoms with Gasteiger partial charge in [0, 0.05) is 67.7 Å². The van der Waals surface area contributed by atoms with Crippen LogP contribution in [0.4, 0.5) is 5.95 Å². The van der Waals surface area contributed by atoms with Crippen LogP contribution in [0.3, 0.4) is 0 Å². The molecule has 10 nitrogen and oxygen atoms in total. The summed E-state index contributed by atoms with van der Waals surface area (Å²) in [5.74, 6) is 1.95. The minimum absolute atomic E-state index is 0.0158. The predicted octanol–water partition coefficient (Wildman–Crippen LogP) is 4.70. The highest BCUT2D eigenvalue weighted by atomic mass is 35.5. The van der Waals surface area contributed by atoms with Crippen molar-refractivity contribution in [1.29, 1.82) is 0 Å². The van der Waals surface area contributed by atoms with Gasteiger partial charge in [0.1, 0.15) is 0 Å². The van der Waals surface area contributed by atoms with Crippen molar-refractivity contribution < 1.29 is 14.3 Å². The van der Waals surface area contributed by atoms with Gasteiger partial charge in [0.2, 0.25) is 23.6 Å². The molecule has 42 heavy (non-hydrogen) atoms. The zero-order valence-corrected chi connectivity index (χ0v) is 25.3. The normalized spacial score (nSPS) is 17.7. The van der Waals surface area contributed by atoms with Crippen LogP contribution >= 0.6 is 23.2 Å². The lowest BCUT2D eigenvalue weighted by Gasteiger charge is -2.32. The molecular weight excluding hydrogens is 577 g/mol. The highest BCUT2D eigenvalue weighted by molar-refractivity contribution is 6.35. The Bertz CT molecular complexity index is 1390. The Morgan fingerprint density at radius 1 is 0.952 bits per heavy atom. The van der Waals surface area contributed by atoms with Gasteiger partial charge >= 0.3 is 0 Å². The molecule has 2 aliphatic heterocycles. The molecule has 2 aromatic heterocycles. The second-order valence-electron chi connectivity index (χ2n) is 11.0. The highest BCUT2D eigenvalue weighted by Gasteiger charge is 2.25. The molecule has 1 aromatic carbocycles. The van der Waals surface area contributed by atoms with E-state index in [-0.39, 0.29) is 17.9 Å². The topological polar surface area (TPSA) is 113 Å². The molecule has 0 saturated carbocycles. The van der Waals surface area contributed by atoms with Gasteiger partial charge in [-0.3, -0.25) is 14.5 Å². The number of nitrogens with zero attached hydrogens (tertiary/aromatic N) is 5. The van der Waals surface area contributed by atoms with E-state index in [0.717, 1.165) is 63.1 Å². The lowest BCUT2D eigenvalue weighted by Crippen LogP contribution is -2.37. The molecule has 0 aliphatic carbocycles. The molecule has 1 atom stereocenters. The molecule has 1 unspecified atom stereocenters. The van der Waals surface area contributed by atoms with Crippen molar-refractivity contribution in [2.24, 2.45) is 5.92 Å². The van der Waals surface area contributed by atoms with Crippen molar-refractivity contribution in [2.45, 2.75) is 45.7 Å². The van der Waals surface area contributed by atoms with E-state index in [1.807, 2.05) is 29.2 Å². The fraction of sp³-hybridized carbons (Fsp3) is 0.433. The van der Waals surface area contributed by atoms with E-state index in [1.165, 1.54) is 6.92 Å². The maximum atomic E-state index is 11.4. The summed E-state index contributed by atoms with van der Waals surface area (Å²) in [6.07, 6.45) is 6.17. The zero-order chi connectivity index (χ0) is 29.6. The van der Waals surface area contributed by atoms with Crippen molar-refractivity contribution in [3.63, 3.8) is 0 Å². The summed E-state index contributed by atoms with van der Waals surface area (Å²) in [5, 5.41) is 6.95. The number of anilines is 1. The lowest BCUT2D eigenvalue weighted by atomic mass is 9.96. The van der Waals surface area contributed by atoms with Crippen LogP contribution in [0.5, 0.6) is 11.6 Å². The van der Waals surface area contributed by atoms with Crippen molar-refractivity contribution in [3.05, 3.63) is 58.3 Å². The van der Waals surface area contributed by atoms with Crippen molar-refractivity contribution in [2.75, 3.05) is 37.6 Å². The number of amides is 2. The third-order valence-electron chi connectivity index (χ3n) is 7.49. The molecule has 5 rings (SSSR count). The number of rotatable bonds is 9. The Kier molecular flexibility index (Phi) is 9.76. The monoisotopic (exact) mass is 611 g/mol. The number of hydrogen-bond donors (Lipinski definition) is 2. The molecular formula is C30H35Cl2N7O3. The van der Waals surface area contributed by atoms with Crippen LogP contribution < -0.4 is 20.3 Å². The maximum Gasteiger partial charge on any atom is 0.225 e. The number of hydrogen-bond acceptors (Lipinski definition) is 8. The number of benzene rings is 1. The molecule has 0 spiro atoms. The first-order valence-electron chi connectivity index (χ1n) is 14.2. The SMILES string of the molecule is CC(=O)NCC1CCN(Cc2cc(Oc3cnc(N4CCC(NC(C)=O)C4)nc3)nc(-c3cc(Cl)cc(Cl)c3)c2)CC1. The van der Waals surface area contributed by atoms with Gasteiger partial charge < -0.3 is 20.3 Å². The van der Waals surface area contributed by atoms with Crippen LogP contribution in [0.1, 0.15) is 38.7 Å². The van der Waals surface area contributed by atoms with E-state index < -0.39 is 0 Å². The third-order valence-corrected chi connectivity index (χ3v) is 7.92.